The third-order valence-corrected chi connectivity index (χ3v) is 3.37. The highest BCUT2D eigenvalue weighted by Gasteiger charge is 2.22. The normalized spacial score (nSPS) is 11.4. The summed E-state index contributed by atoms with van der Waals surface area (Å²) in [4.78, 5) is 14.7. The SMILES string of the molecule is Cc1c(C(=O)N(CC(C)C)CC(C)C)cnn1CCCN. The Hall–Kier alpha value is -1.36. The zero-order chi connectivity index (χ0) is 16.0. The number of hydrogen-bond acceptors (Lipinski definition) is 3. The van der Waals surface area contributed by atoms with Crippen molar-refractivity contribution in [3.8, 4) is 0 Å². The van der Waals surface area contributed by atoms with Crippen molar-refractivity contribution in [2.75, 3.05) is 19.6 Å². The Kier molecular flexibility index (Phi) is 6.89. The van der Waals surface area contributed by atoms with Crippen LogP contribution in [-0.2, 0) is 6.54 Å². The highest BCUT2D eigenvalue weighted by Crippen LogP contribution is 2.14. The molecular weight excluding hydrogens is 264 g/mol. The monoisotopic (exact) mass is 294 g/mol. The molecule has 5 nitrogen and oxygen atoms in total. The Morgan fingerprint density at radius 1 is 1.29 bits per heavy atom. The first-order valence-corrected chi connectivity index (χ1v) is 7.88. The number of rotatable bonds is 8. The molecule has 0 saturated carbocycles. The molecule has 120 valence electrons. The Morgan fingerprint density at radius 3 is 2.33 bits per heavy atom. The van der Waals surface area contributed by atoms with Crippen LogP contribution in [-0.4, -0.2) is 40.2 Å². The zero-order valence-electron chi connectivity index (χ0n) is 14.1. The van der Waals surface area contributed by atoms with Crippen molar-refractivity contribution in [1.82, 2.24) is 14.7 Å². The van der Waals surface area contributed by atoms with Gasteiger partial charge in [0.1, 0.15) is 0 Å². The quantitative estimate of drug-likeness (QED) is 0.800. The summed E-state index contributed by atoms with van der Waals surface area (Å²) in [6.07, 6.45) is 2.57. The van der Waals surface area contributed by atoms with Crippen LogP contribution in [0.4, 0.5) is 0 Å². The molecule has 1 heterocycles. The number of aromatic nitrogens is 2. The van der Waals surface area contributed by atoms with Gasteiger partial charge in [-0.2, -0.15) is 5.10 Å². The van der Waals surface area contributed by atoms with Gasteiger partial charge in [0, 0.05) is 25.3 Å². The molecule has 0 aliphatic rings. The molecule has 0 fully saturated rings. The predicted molar refractivity (Wildman–Crippen MR) is 86.2 cm³/mol. The second-order valence-electron chi connectivity index (χ2n) is 6.51. The van der Waals surface area contributed by atoms with Crippen LogP contribution in [0.2, 0.25) is 0 Å². The third kappa shape index (κ3) is 5.16. The first kappa shape index (κ1) is 17.7. The minimum atomic E-state index is 0.0916. The Labute approximate surface area is 128 Å². The van der Waals surface area contributed by atoms with Crippen LogP contribution in [0.25, 0.3) is 0 Å². The van der Waals surface area contributed by atoms with Crippen LogP contribution < -0.4 is 5.73 Å². The number of nitrogens with two attached hydrogens (primary N) is 1. The fraction of sp³-hybridized carbons (Fsp3) is 0.750. The lowest BCUT2D eigenvalue weighted by Gasteiger charge is -2.26. The van der Waals surface area contributed by atoms with Crippen LogP contribution in [0.15, 0.2) is 6.20 Å². The topological polar surface area (TPSA) is 64.2 Å². The maximum atomic E-state index is 12.8. The van der Waals surface area contributed by atoms with Gasteiger partial charge in [0.15, 0.2) is 0 Å². The van der Waals surface area contributed by atoms with E-state index in [1.807, 2.05) is 16.5 Å². The third-order valence-electron chi connectivity index (χ3n) is 3.37. The molecule has 0 spiro atoms. The fourth-order valence-corrected chi connectivity index (χ4v) is 2.42. The lowest BCUT2D eigenvalue weighted by atomic mass is 10.1. The lowest BCUT2D eigenvalue weighted by Crippen LogP contribution is -2.37. The molecule has 0 radical (unpaired) electrons. The maximum absolute atomic E-state index is 12.8. The molecule has 0 saturated heterocycles. The van der Waals surface area contributed by atoms with E-state index in [1.165, 1.54) is 0 Å². The fourth-order valence-electron chi connectivity index (χ4n) is 2.42. The van der Waals surface area contributed by atoms with Gasteiger partial charge >= 0.3 is 0 Å². The van der Waals surface area contributed by atoms with Crippen molar-refractivity contribution < 1.29 is 4.79 Å². The first-order chi connectivity index (χ1) is 9.86. The zero-order valence-corrected chi connectivity index (χ0v) is 14.1. The van der Waals surface area contributed by atoms with E-state index in [1.54, 1.807) is 6.20 Å². The summed E-state index contributed by atoms with van der Waals surface area (Å²) in [7, 11) is 0. The average Bonchev–Trinajstić information content (AvgIpc) is 2.75. The lowest BCUT2D eigenvalue weighted by molar-refractivity contribution is 0.0714. The number of amides is 1. The van der Waals surface area contributed by atoms with E-state index in [4.69, 9.17) is 5.73 Å². The predicted octanol–water partition coefficient (Wildman–Crippen LogP) is 2.29. The molecule has 1 rings (SSSR count). The molecular formula is C16H30N4O. The summed E-state index contributed by atoms with van der Waals surface area (Å²) in [5.74, 6) is 1.01. The maximum Gasteiger partial charge on any atom is 0.257 e. The van der Waals surface area contributed by atoms with Gasteiger partial charge in [-0.1, -0.05) is 27.7 Å². The second-order valence-corrected chi connectivity index (χ2v) is 6.51. The van der Waals surface area contributed by atoms with Gasteiger partial charge in [-0.15, -0.1) is 0 Å². The summed E-state index contributed by atoms with van der Waals surface area (Å²) in [5, 5.41) is 4.33. The van der Waals surface area contributed by atoms with Crippen molar-refractivity contribution in [3.63, 3.8) is 0 Å². The van der Waals surface area contributed by atoms with Gasteiger partial charge < -0.3 is 10.6 Å². The van der Waals surface area contributed by atoms with Gasteiger partial charge in [0.2, 0.25) is 0 Å². The summed E-state index contributed by atoms with van der Waals surface area (Å²) in [6.45, 7) is 13.5. The molecule has 0 atom stereocenters. The molecule has 5 heteroatoms. The van der Waals surface area contributed by atoms with Crippen LogP contribution >= 0.6 is 0 Å². The van der Waals surface area contributed by atoms with E-state index < -0.39 is 0 Å². The smallest absolute Gasteiger partial charge is 0.257 e. The summed E-state index contributed by atoms with van der Waals surface area (Å²) in [5.41, 5.74) is 7.19. The van der Waals surface area contributed by atoms with Crippen molar-refractivity contribution in [2.45, 2.75) is 47.6 Å². The average molecular weight is 294 g/mol. The molecule has 21 heavy (non-hydrogen) atoms. The molecule has 2 N–H and O–H groups in total. The van der Waals surface area contributed by atoms with Crippen LogP contribution in [0.5, 0.6) is 0 Å². The van der Waals surface area contributed by atoms with E-state index in [-0.39, 0.29) is 5.91 Å². The molecule has 0 aliphatic heterocycles. The first-order valence-electron chi connectivity index (χ1n) is 7.88. The van der Waals surface area contributed by atoms with Gasteiger partial charge in [0.25, 0.3) is 5.91 Å². The summed E-state index contributed by atoms with van der Waals surface area (Å²) in [6, 6.07) is 0. The highest BCUT2D eigenvalue weighted by atomic mass is 16.2. The van der Waals surface area contributed by atoms with E-state index in [9.17, 15) is 4.79 Å². The van der Waals surface area contributed by atoms with Crippen molar-refractivity contribution >= 4 is 5.91 Å². The van der Waals surface area contributed by atoms with Gasteiger partial charge in [0.05, 0.1) is 11.8 Å². The standard InChI is InChI=1S/C16H30N4O/c1-12(2)10-19(11-13(3)4)16(21)15-9-18-20(14(15)5)8-6-7-17/h9,12-13H,6-8,10-11,17H2,1-5H3. The molecule has 0 aromatic carbocycles. The van der Waals surface area contributed by atoms with Gasteiger partial charge in [-0.3, -0.25) is 9.48 Å². The second kappa shape index (κ2) is 8.17. The van der Waals surface area contributed by atoms with E-state index >= 15 is 0 Å². The van der Waals surface area contributed by atoms with Crippen LogP contribution in [0, 0.1) is 18.8 Å². The van der Waals surface area contributed by atoms with Crippen LogP contribution in [0.1, 0.15) is 50.2 Å². The Bertz CT molecular complexity index is 441. The largest absolute Gasteiger partial charge is 0.338 e. The van der Waals surface area contributed by atoms with Gasteiger partial charge in [-0.25, -0.2) is 0 Å². The Balaban J connectivity index is 2.90. The number of carbonyl (C=O) groups excluding carboxylic acids is 1. The van der Waals surface area contributed by atoms with E-state index in [2.05, 4.69) is 32.8 Å². The number of aryl methyl sites for hydroxylation is 1. The number of hydrogen-bond donors (Lipinski definition) is 1. The minimum absolute atomic E-state index is 0.0916. The van der Waals surface area contributed by atoms with E-state index in [0.717, 1.165) is 31.7 Å². The van der Waals surface area contributed by atoms with Crippen molar-refractivity contribution in [3.05, 3.63) is 17.5 Å². The number of carbonyl (C=O) groups is 1. The van der Waals surface area contributed by atoms with Crippen LogP contribution in [0.3, 0.4) is 0 Å². The molecule has 1 aromatic heterocycles. The van der Waals surface area contributed by atoms with Gasteiger partial charge in [-0.05, 0) is 31.7 Å². The summed E-state index contributed by atoms with van der Waals surface area (Å²) >= 11 is 0. The molecule has 0 aliphatic carbocycles. The van der Waals surface area contributed by atoms with Crippen molar-refractivity contribution in [2.24, 2.45) is 17.6 Å². The number of nitrogens with zero attached hydrogens (tertiary/aromatic N) is 3. The minimum Gasteiger partial charge on any atom is -0.338 e. The molecule has 1 amide bonds. The Morgan fingerprint density at radius 2 is 1.86 bits per heavy atom. The summed E-state index contributed by atoms with van der Waals surface area (Å²) < 4.78 is 1.88. The molecule has 0 unspecified atom stereocenters. The molecule has 0 bridgehead atoms. The highest BCUT2D eigenvalue weighted by molar-refractivity contribution is 5.95. The van der Waals surface area contributed by atoms with E-state index in [0.29, 0.717) is 23.9 Å². The molecule has 1 aromatic rings. The van der Waals surface area contributed by atoms with Crippen molar-refractivity contribution in [1.29, 1.82) is 0 Å².